The summed E-state index contributed by atoms with van der Waals surface area (Å²) in [6.45, 7) is 1.19. The number of hydrogen-bond acceptors (Lipinski definition) is 6. The number of amides is 2. The van der Waals surface area contributed by atoms with Crippen LogP contribution >= 0.6 is 0 Å². The first kappa shape index (κ1) is 21.5. The average Bonchev–Trinajstić information content (AvgIpc) is 2.84. The average molecular weight is 437 g/mol. The molecule has 1 aromatic heterocycles. The molecule has 32 heavy (non-hydrogen) atoms. The summed E-state index contributed by atoms with van der Waals surface area (Å²) >= 11 is 0. The fourth-order valence-corrected chi connectivity index (χ4v) is 3.88. The Balaban J connectivity index is 1.38. The number of urea groups is 1. The van der Waals surface area contributed by atoms with E-state index < -0.39 is 0 Å². The predicted molar refractivity (Wildman–Crippen MR) is 122 cm³/mol. The number of methoxy groups -OCH3 is 3. The smallest absolute Gasteiger partial charge is 0.321 e. The lowest BCUT2D eigenvalue weighted by molar-refractivity contribution is 0.116. The molecule has 2 heterocycles. The number of likely N-dealkylation sites (tertiary alicyclic amines) is 1. The van der Waals surface area contributed by atoms with Gasteiger partial charge in [0.05, 0.1) is 27.0 Å². The maximum Gasteiger partial charge on any atom is 0.321 e. The molecular weight excluding hydrogens is 410 g/mol. The van der Waals surface area contributed by atoms with Crippen LogP contribution < -0.4 is 24.3 Å². The van der Waals surface area contributed by atoms with Gasteiger partial charge in [0.25, 0.3) is 0 Å². The van der Waals surface area contributed by atoms with Gasteiger partial charge < -0.3 is 29.2 Å². The predicted octanol–water partition coefficient (Wildman–Crippen LogP) is 4.34. The number of pyridine rings is 1. The van der Waals surface area contributed by atoms with Crippen LogP contribution in [0.25, 0.3) is 10.9 Å². The number of carbonyl (C=O) groups excluding carboxylic acids is 1. The largest absolute Gasteiger partial charge is 0.493 e. The van der Waals surface area contributed by atoms with Gasteiger partial charge in [-0.3, -0.25) is 4.98 Å². The van der Waals surface area contributed by atoms with Crippen molar-refractivity contribution < 1.29 is 23.7 Å². The Morgan fingerprint density at radius 3 is 2.31 bits per heavy atom. The Morgan fingerprint density at radius 1 is 0.969 bits per heavy atom. The molecule has 1 N–H and O–H groups in total. The van der Waals surface area contributed by atoms with Crippen LogP contribution in [0.5, 0.6) is 23.0 Å². The van der Waals surface area contributed by atoms with Gasteiger partial charge in [0.2, 0.25) is 5.75 Å². The molecule has 168 valence electrons. The normalized spacial score (nSPS) is 14.2. The first-order valence-corrected chi connectivity index (χ1v) is 10.5. The second-order valence-corrected chi connectivity index (χ2v) is 7.48. The zero-order valence-corrected chi connectivity index (χ0v) is 18.5. The molecule has 8 nitrogen and oxygen atoms in total. The summed E-state index contributed by atoms with van der Waals surface area (Å²) < 4.78 is 22.3. The number of aromatic nitrogens is 1. The topological polar surface area (TPSA) is 82.2 Å². The third-order valence-corrected chi connectivity index (χ3v) is 5.53. The minimum atomic E-state index is -0.176. The van der Waals surface area contributed by atoms with Gasteiger partial charge in [-0.2, -0.15) is 0 Å². The highest BCUT2D eigenvalue weighted by molar-refractivity contribution is 5.90. The minimum absolute atomic E-state index is 0.0350. The first-order valence-electron chi connectivity index (χ1n) is 10.5. The first-order chi connectivity index (χ1) is 15.6. The van der Waals surface area contributed by atoms with Crippen LogP contribution in [0.4, 0.5) is 10.5 Å². The number of para-hydroxylation sites is 1. The van der Waals surface area contributed by atoms with Crippen molar-refractivity contribution in [3.8, 4) is 23.0 Å². The lowest BCUT2D eigenvalue weighted by Gasteiger charge is -2.32. The van der Waals surface area contributed by atoms with Crippen LogP contribution in [0.3, 0.4) is 0 Å². The molecule has 0 unspecified atom stereocenters. The molecule has 0 radical (unpaired) electrons. The summed E-state index contributed by atoms with van der Waals surface area (Å²) in [7, 11) is 4.62. The van der Waals surface area contributed by atoms with Crippen molar-refractivity contribution in [1.82, 2.24) is 9.88 Å². The second kappa shape index (κ2) is 9.64. The quantitative estimate of drug-likeness (QED) is 0.618. The molecule has 0 saturated carbocycles. The van der Waals surface area contributed by atoms with Gasteiger partial charge >= 0.3 is 6.03 Å². The SMILES string of the molecule is COc1cc(NC(=O)N2CCC(Oc3cccc4cccnc34)CC2)cc(OC)c1OC. The van der Waals surface area contributed by atoms with Crippen LogP contribution in [0, 0.1) is 0 Å². The number of nitrogens with one attached hydrogen (secondary N) is 1. The Hall–Kier alpha value is -3.68. The molecular formula is C24H27N3O5. The number of fused-ring (bicyclic) bond motifs is 1. The van der Waals surface area contributed by atoms with Crippen molar-refractivity contribution >= 4 is 22.6 Å². The number of rotatable bonds is 6. The number of hydrogen-bond donors (Lipinski definition) is 1. The zero-order chi connectivity index (χ0) is 22.5. The van der Waals surface area contributed by atoms with Gasteiger partial charge in [0.15, 0.2) is 11.5 Å². The Kier molecular flexibility index (Phi) is 6.49. The van der Waals surface area contributed by atoms with Crippen LogP contribution in [0.1, 0.15) is 12.8 Å². The Morgan fingerprint density at radius 2 is 1.66 bits per heavy atom. The molecule has 1 fully saturated rings. The van der Waals surface area contributed by atoms with Crippen LogP contribution in [-0.2, 0) is 0 Å². The van der Waals surface area contributed by atoms with E-state index in [2.05, 4.69) is 10.3 Å². The Bertz CT molecular complexity index is 1070. The maximum absolute atomic E-state index is 12.8. The standard InChI is InChI=1S/C24H27N3O5/c1-29-20-14-17(15-21(30-2)23(20)31-3)26-24(28)27-12-9-18(10-13-27)32-19-8-4-6-16-7-5-11-25-22(16)19/h4-8,11,14-15,18H,9-10,12-13H2,1-3H3,(H,26,28). The summed E-state index contributed by atoms with van der Waals surface area (Å²) in [5.41, 5.74) is 1.43. The summed E-state index contributed by atoms with van der Waals surface area (Å²) in [5, 5.41) is 3.97. The fraction of sp³-hybridized carbons (Fsp3) is 0.333. The molecule has 8 heteroatoms. The van der Waals surface area contributed by atoms with Crippen molar-refractivity contribution in [3.63, 3.8) is 0 Å². The van der Waals surface area contributed by atoms with Gasteiger partial charge in [-0.15, -0.1) is 0 Å². The van der Waals surface area contributed by atoms with Gasteiger partial charge in [-0.1, -0.05) is 18.2 Å². The summed E-state index contributed by atoms with van der Waals surface area (Å²) in [5.74, 6) is 2.23. The van der Waals surface area contributed by atoms with Crippen LogP contribution in [-0.4, -0.2) is 56.4 Å². The third kappa shape index (κ3) is 4.49. The molecule has 2 amide bonds. The van der Waals surface area contributed by atoms with E-state index in [-0.39, 0.29) is 12.1 Å². The molecule has 1 aliphatic heterocycles. The summed E-state index contributed by atoms with van der Waals surface area (Å²) in [6.07, 6.45) is 3.29. The molecule has 0 spiro atoms. The van der Waals surface area contributed by atoms with Gasteiger partial charge in [0, 0.05) is 49.6 Å². The van der Waals surface area contributed by atoms with E-state index in [0.717, 1.165) is 29.5 Å². The zero-order valence-electron chi connectivity index (χ0n) is 18.5. The van der Waals surface area contributed by atoms with Crippen molar-refractivity contribution in [1.29, 1.82) is 0 Å². The van der Waals surface area contributed by atoms with Crippen molar-refractivity contribution in [2.75, 3.05) is 39.7 Å². The molecule has 0 aliphatic carbocycles. The van der Waals surface area contributed by atoms with Crippen molar-refractivity contribution in [2.24, 2.45) is 0 Å². The van der Waals surface area contributed by atoms with E-state index in [1.807, 2.05) is 30.3 Å². The Labute approximate surface area is 187 Å². The fourth-order valence-electron chi connectivity index (χ4n) is 3.88. The number of carbonyl (C=O) groups is 1. The van der Waals surface area contributed by atoms with Gasteiger partial charge in [-0.05, 0) is 12.1 Å². The number of nitrogens with zero attached hydrogens (tertiary/aromatic N) is 2. The van der Waals surface area contributed by atoms with E-state index in [1.54, 1.807) is 44.6 Å². The monoisotopic (exact) mass is 437 g/mol. The molecule has 1 saturated heterocycles. The molecule has 0 atom stereocenters. The van der Waals surface area contributed by atoms with Crippen LogP contribution in [0.15, 0.2) is 48.7 Å². The van der Waals surface area contributed by atoms with E-state index in [4.69, 9.17) is 18.9 Å². The lowest BCUT2D eigenvalue weighted by atomic mass is 10.1. The number of ether oxygens (including phenoxy) is 4. The molecule has 2 aromatic carbocycles. The molecule has 0 bridgehead atoms. The highest BCUT2D eigenvalue weighted by atomic mass is 16.5. The molecule has 4 rings (SSSR count). The van der Waals surface area contributed by atoms with Crippen molar-refractivity contribution in [2.45, 2.75) is 18.9 Å². The summed E-state index contributed by atoms with van der Waals surface area (Å²) in [4.78, 5) is 19.0. The third-order valence-electron chi connectivity index (χ3n) is 5.53. The number of anilines is 1. The molecule has 3 aromatic rings. The highest BCUT2D eigenvalue weighted by Crippen LogP contribution is 2.40. The second-order valence-electron chi connectivity index (χ2n) is 7.48. The molecule has 1 aliphatic rings. The van der Waals surface area contributed by atoms with Gasteiger partial charge in [0.1, 0.15) is 17.4 Å². The van der Waals surface area contributed by atoms with E-state index >= 15 is 0 Å². The number of benzene rings is 2. The van der Waals surface area contributed by atoms with Crippen LogP contribution in [0.2, 0.25) is 0 Å². The van der Waals surface area contributed by atoms with Gasteiger partial charge in [-0.25, -0.2) is 4.79 Å². The number of piperidine rings is 1. The van der Waals surface area contributed by atoms with Crippen molar-refractivity contribution in [3.05, 3.63) is 48.7 Å². The van der Waals surface area contributed by atoms with E-state index in [1.165, 1.54) is 0 Å². The highest BCUT2D eigenvalue weighted by Gasteiger charge is 2.25. The lowest BCUT2D eigenvalue weighted by Crippen LogP contribution is -2.43. The maximum atomic E-state index is 12.8. The minimum Gasteiger partial charge on any atom is -0.493 e. The summed E-state index contributed by atoms with van der Waals surface area (Å²) in [6, 6.07) is 13.1. The van der Waals surface area contributed by atoms with E-state index in [0.29, 0.717) is 36.0 Å². The van der Waals surface area contributed by atoms with E-state index in [9.17, 15) is 4.79 Å².